The second-order valence-corrected chi connectivity index (χ2v) is 8.47. The van der Waals surface area contributed by atoms with Crippen LogP contribution < -0.4 is 5.32 Å². The maximum Gasteiger partial charge on any atom is 0.220 e. The second-order valence-electron chi connectivity index (χ2n) is 8.47. The van der Waals surface area contributed by atoms with Crippen molar-refractivity contribution in [2.24, 2.45) is 5.92 Å². The maximum absolute atomic E-state index is 12.2. The first-order chi connectivity index (χ1) is 12.0. The third kappa shape index (κ3) is 4.08. The second kappa shape index (κ2) is 7.90. The third-order valence-corrected chi connectivity index (χ3v) is 6.15. The van der Waals surface area contributed by atoms with E-state index in [9.17, 15) is 4.79 Å². The molecule has 0 aromatic heterocycles. The van der Waals surface area contributed by atoms with Gasteiger partial charge in [0.05, 0.1) is 6.04 Å². The summed E-state index contributed by atoms with van der Waals surface area (Å²) in [6, 6.07) is 9.03. The molecule has 1 atom stereocenters. The number of nitrogens with one attached hydrogen (secondary N) is 1. The molecule has 1 fully saturated rings. The van der Waals surface area contributed by atoms with E-state index < -0.39 is 0 Å². The molecule has 1 N–H and O–H groups in total. The molecule has 140 valence electrons. The molecule has 1 aliphatic heterocycles. The van der Waals surface area contributed by atoms with Crippen LogP contribution in [0.15, 0.2) is 24.3 Å². The molecule has 1 aromatic carbocycles. The zero-order valence-electron chi connectivity index (χ0n) is 16.2. The maximum atomic E-state index is 12.2. The van der Waals surface area contributed by atoms with Crippen LogP contribution in [0.25, 0.3) is 0 Å². The Morgan fingerprint density at radius 2 is 2.04 bits per heavy atom. The van der Waals surface area contributed by atoms with Crippen LogP contribution in [-0.4, -0.2) is 30.4 Å². The van der Waals surface area contributed by atoms with E-state index in [0.29, 0.717) is 6.42 Å². The number of hydrogen-bond acceptors (Lipinski definition) is 2. The van der Waals surface area contributed by atoms with E-state index in [1.165, 1.54) is 50.0 Å². The quantitative estimate of drug-likeness (QED) is 0.813. The summed E-state index contributed by atoms with van der Waals surface area (Å²) in [6.07, 6.45) is 6.37. The number of nitrogens with zero attached hydrogens (tertiary/aromatic N) is 1. The van der Waals surface area contributed by atoms with Gasteiger partial charge < -0.3 is 10.2 Å². The lowest BCUT2D eigenvalue weighted by Gasteiger charge is -2.40. The summed E-state index contributed by atoms with van der Waals surface area (Å²) in [5.41, 5.74) is 3.14. The Bertz CT molecular complexity index is 594. The number of benzene rings is 1. The highest BCUT2D eigenvalue weighted by Crippen LogP contribution is 2.50. The predicted molar refractivity (Wildman–Crippen MR) is 106 cm³/mol. The molecule has 1 saturated heterocycles. The Morgan fingerprint density at radius 1 is 1.32 bits per heavy atom. The van der Waals surface area contributed by atoms with Gasteiger partial charge in [-0.05, 0) is 68.8 Å². The predicted octanol–water partition coefficient (Wildman–Crippen LogP) is 4.67. The van der Waals surface area contributed by atoms with Gasteiger partial charge in [-0.2, -0.15) is 0 Å². The molecule has 3 heteroatoms. The summed E-state index contributed by atoms with van der Waals surface area (Å²) >= 11 is 0. The Morgan fingerprint density at radius 3 is 2.72 bits per heavy atom. The van der Waals surface area contributed by atoms with Crippen molar-refractivity contribution in [3.8, 4) is 0 Å². The molecule has 0 saturated carbocycles. The van der Waals surface area contributed by atoms with Crippen molar-refractivity contribution in [2.45, 2.75) is 70.8 Å². The zero-order chi connectivity index (χ0) is 17.9. The molecule has 2 aliphatic rings. The van der Waals surface area contributed by atoms with Gasteiger partial charge in [0.25, 0.3) is 0 Å². The van der Waals surface area contributed by atoms with Crippen LogP contribution in [0, 0.1) is 5.92 Å². The Labute approximate surface area is 154 Å². The number of piperidine rings is 1. The van der Waals surface area contributed by atoms with Gasteiger partial charge in [-0.1, -0.05) is 45.0 Å². The molecule has 0 radical (unpaired) electrons. The number of carbonyl (C=O) groups excluding carboxylic acids is 1. The molecule has 1 aromatic rings. The van der Waals surface area contributed by atoms with Crippen molar-refractivity contribution < 1.29 is 6.22 Å². The molecule has 1 aliphatic carbocycles. The van der Waals surface area contributed by atoms with Crippen LogP contribution >= 0.6 is 0 Å². The molecule has 1 heterocycles. The average molecular weight is 345 g/mol. The van der Waals surface area contributed by atoms with E-state index in [1.807, 2.05) is 0 Å². The fourth-order valence-corrected chi connectivity index (χ4v) is 4.64. The monoisotopic (exact) mass is 344 g/mol. The number of rotatable bonds is 6. The molecule has 3 nitrogen and oxygen atoms in total. The molecule has 1 amide bonds. The van der Waals surface area contributed by atoms with Crippen molar-refractivity contribution in [3.05, 3.63) is 35.4 Å². The number of carbonyl (C=O) groups is 1. The number of hydrogen-bond donors (Lipinski definition) is 1. The van der Waals surface area contributed by atoms with Crippen LogP contribution in [0.5, 0.6) is 0 Å². The van der Waals surface area contributed by atoms with Gasteiger partial charge in [0.15, 0.2) is 0 Å². The fraction of sp³-hybridized carbons (Fsp3) is 0.682. The summed E-state index contributed by atoms with van der Waals surface area (Å²) in [7, 11) is 0. The third-order valence-electron chi connectivity index (χ3n) is 6.15. The Kier molecular flexibility index (Phi) is 5.83. The first kappa shape index (κ1) is 18.4. The smallest absolute Gasteiger partial charge is 0.220 e. The highest BCUT2D eigenvalue weighted by atomic mass is 16.1. The molecular weight excluding hydrogens is 308 g/mol. The lowest BCUT2D eigenvalue weighted by Crippen LogP contribution is -2.42. The van der Waals surface area contributed by atoms with Crippen LogP contribution in [0.3, 0.4) is 0 Å². The van der Waals surface area contributed by atoms with Crippen LogP contribution in [-0.2, 0) is 10.2 Å². The number of likely N-dealkylation sites (tertiary alicyclic amines) is 1. The molecule has 1 spiro atoms. The molecule has 0 bridgehead atoms. The zero-order valence-corrected chi connectivity index (χ0v) is 16.2. The van der Waals surface area contributed by atoms with Crippen LogP contribution in [0.4, 0.5) is 0 Å². The Hall–Kier alpha value is -1.35. The minimum Gasteiger partial charge on any atom is -0.349 e. The fourth-order valence-electron chi connectivity index (χ4n) is 4.64. The first-order valence-corrected chi connectivity index (χ1v) is 10.2. The van der Waals surface area contributed by atoms with Crippen molar-refractivity contribution >= 4 is 5.91 Å². The number of fused-ring (bicyclic) bond motifs is 2. The van der Waals surface area contributed by atoms with E-state index in [4.69, 9.17) is 0 Å². The van der Waals surface area contributed by atoms with Crippen molar-refractivity contribution in [2.75, 3.05) is 19.6 Å². The van der Waals surface area contributed by atoms with Crippen molar-refractivity contribution in [1.29, 1.82) is 0 Å². The molecule has 3 rings (SSSR count). The highest BCUT2D eigenvalue weighted by molar-refractivity contribution is 5.76. The van der Waals surface area contributed by atoms with E-state index in [-0.39, 0.29) is 18.8 Å². The largest absolute Gasteiger partial charge is 0.349 e. The molecule has 0 unspecified atom stereocenters. The SMILES string of the molecule is CCCC(=O)N[C@H]1CC2(CCN(CCC(C)C)CC2)c2ccccc21.[HH]. The van der Waals surface area contributed by atoms with Crippen LogP contribution in [0.1, 0.15) is 77.9 Å². The van der Waals surface area contributed by atoms with E-state index in [0.717, 1.165) is 18.8 Å². The minimum atomic E-state index is 0. The van der Waals surface area contributed by atoms with Gasteiger partial charge in [0, 0.05) is 13.3 Å². The van der Waals surface area contributed by atoms with Crippen LogP contribution in [0.2, 0.25) is 0 Å². The normalized spacial score (nSPS) is 22.3. The lowest BCUT2D eigenvalue weighted by molar-refractivity contribution is -0.121. The first-order valence-electron chi connectivity index (χ1n) is 10.2. The minimum absolute atomic E-state index is 0. The van der Waals surface area contributed by atoms with Gasteiger partial charge >= 0.3 is 0 Å². The van der Waals surface area contributed by atoms with Gasteiger partial charge in [0.1, 0.15) is 0 Å². The van der Waals surface area contributed by atoms with Gasteiger partial charge in [-0.25, -0.2) is 0 Å². The Balaban J connectivity index is 0.00000243. The highest BCUT2D eigenvalue weighted by Gasteiger charge is 2.45. The van der Waals surface area contributed by atoms with Gasteiger partial charge in [-0.15, -0.1) is 0 Å². The summed E-state index contributed by atoms with van der Waals surface area (Å²) < 4.78 is 0. The van der Waals surface area contributed by atoms with E-state index in [1.54, 1.807) is 0 Å². The van der Waals surface area contributed by atoms with Crippen molar-refractivity contribution in [1.82, 2.24) is 10.2 Å². The van der Waals surface area contributed by atoms with Crippen molar-refractivity contribution in [3.63, 3.8) is 0 Å². The van der Waals surface area contributed by atoms with E-state index >= 15 is 0 Å². The lowest BCUT2D eigenvalue weighted by atomic mass is 9.73. The van der Waals surface area contributed by atoms with E-state index in [2.05, 4.69) is 55.3 Å². The number of amides is 1. The summed E-state index contributed by atoms with van der Waals surface area (Å²) in [5, 5.41) is 3.31. The standard InChI is InChI=1S/C22H34N2O.H2/c1-4-7-21(25)23-20-16-22(19-9-6-5-8-18(19)20)11-14-24(15-12-22)13-10-17(2)3;/h5-6,8-9,17,20H,4,7,10-16H2,1-3H3,(H,23,25);1H/t20-;/m0./s1. The summed E-state index contributed by atoms with van der Waals surface area (Å²) in [6.45, 7) is 10.3. The molecular formula is C22H36N2O. The average Bonchev–Trinajstić information content (AvgIpc) is 2.88. The molecule has 25 heavy (non-hydrogen) atoms. The topological polar surface area (TPSA) is 32.3 Å². The summed E-state index contributed by atoms with van der Waals surface area (Å²) in [4.78, 5) is 14.8. The summed E-state index contributed by atoms with van der Waals surface area (Å²) in [5.74, 6) is 0.981. The van der Waals surface area contributed by atoms with Gasteiger partial charge in [0.2, 0.25) is 5.91 Å². The van der Waals surface area contributed by atoms with Gasteiger partial charge in [-0.3, -0.25) is 4.79 Å².